The average Bonchev–Trinajstić information content (AvgIpc) is 2.26. The summed E-state index contributed by atoms with van der Waals surface area (Å²) < 4.78 is 0. The number of carbonyl (C=O) groups is 1. The largest absolute Gasteiger partial charge is 0.299 e. The van der Waals surface area contributed by atoms with E-state index in [2.05, 4.69) is 59.8 Å². The molecule has 0 radical (unpaired) electrons. The van der Waals surface area contributed by atoms with Gasteiger partial charge in [0.1, 0.15) is 5.78 Å². The summed E-state index contributed by atoms with van der Waals surface area (Å²) in [5, 5.41) is 0. The van der Waals surface area contributed by atoms with Crippen LogP contribution in [0.15, 0.2) is 34.9 Å². The lowest BCUT2D eigenvalue weighted by molar-refractivity contribution is -0.123. The first-order valence-corrected chi connectivity index (χ1v) is 7.15. The van der Waals surface area contributed by atoms with Crippen LogP contribution in [0.1, 0.15) is 54.9 Å². The second-order valence-electron chi connectivity index (χ2n) is 7.55. The predicted octanol–water partition coefficient (Wildman–Crippen LogP) is 4.85. The Morgan fingerprint density at radius 1 is 1.16 bits per heavy atom. The van der Waals surface area contributed by atoms with Crippen molar-refractivity contribution in [2.24, 2.45) is 16.2 Å². The van der Waals surface area contributed by atoms with Crippen molar-refractivity contribution in [1.82, 2.24) is 0 Å². The van der Waals surface area contributed by atoms with Crippen LogP contribution in [0.5, 0.6) is 0 Å². The Kier molecular flexibility index (Phi) is 2.97. The second kappa shape index (κ2) is 3.94. The number of rotatable bonds is 1. The van der Waals surface area contributed by atoms with Crippen LogP contribution in [0, 0.1) is 16.2 Å². The van der Waals surface area contributed by atoms with E-state index < -0.39 is 0 Å². The van der Waals surface area contributed by atoms with Crippen molar-refractivity contribution in [2.75, 3.05) is 0 Å². The van der Waals surface area contributed by atoms with Crippen LogP contribution in [-0.2, 0) is 4.79 Å². The third-order valence-corrected chi connectivity index (χ3v) is 5.30. The zero-order valence-electron chi connectivity index (χ0n) is 13.3. The van der Waals surface area contributed by atoms with Gasteiger partial charge in [-0.25, -0.2) is 0 Å². The summed E-state index contributed by atoms with van der Waals surface area (Å²) in [5.74, 6) is 0.260. The molecule has 0 aliphatic heterocycles. The highest BCUT2D eigenvalue weighted by molar-refractivity contribution is 5.85. The number of carbonyl (C=O) groups excluding carboxylic acids is 1. The summed E-state index contributed by atoms with van der Waals surface area (Å²) in [4.78, 5) is 12.0. The quantitative estimate of drug-likeness (QED) is 0.614. The molecule has 2 rings (SSSR count). The SMILES string of the molecule is CC(=O)C1(C)C=CC2=C(C1)C(C)(C)C(C)=CC2(C)C. The molecule has 19 heavy (non-hydrogen) atoms. The Bertz CT molecular complexity index is 526. The summed E-state index contributed by atoms with van der Waals surface area (Å²) in [6, 6.07) is 0. The molecule has 0 bridgehead atoms. The fourth-order valence-corrected chi connectivity index (χ4v) is 3.33. The van der Waals surface area contributed by atoms with E-state index in [0.29, 0.717) is 0 Å². The molecule has 0 spiro atoms. The smallest absolute Gasteiger partial charge is 0.139 e. The van der Waals surface area contributed by atoms with Crippen LogP contribution < -0.4 is 0 Å². The van der Waals surface area contributed by atoms with Gasteiger partial charge in [-0.2, -0.15) is 0 Å². The standard InChI is InChI=1S/C18H26O/c1-12-10-16(3,4)14-8-9-18(7,13(2)19)11-15(14)17(12,5)6/h8-10H,11H2,1-7H3. The first-order chi connectivity index (χ1) is 8.51. The lowest BCUT2D eigenvalue weighted by Gasteiger charge is -2.46. The fraction of sp³-hybridized carbons (Fsp3) is 0.611. The molecule has 0 saturated heterocycles. The summed E-state index contributed by atoms with van der Waals surface area (Å²) in [5.41, 5.74) is 4.07. The van der Waals surface area contributed by atoms with Crippen molar-refractivity contribution in [3.8, 4) is 0 Å². The van der Waals surface area contributed by atoms with Gasteiger partial charge in [-0.3, -0.25) is 4.79 Å². The minimum Gasteiger partial charge on any atom is -0.299 e. The van der Waals surface area contributed by atoms with Gasteiger partial charge in [-0.1, -0.05) is 57.1 Å². The molecule has 2 aliphatic rings. The normalized spacial score (nSPS) is 31.8. The molecule has 0 heterocycles. The summed E-state index contributed by atoms with van der Waals surface area (Å²) in [6.45, 7) is 15.1. The molecule has 1 heteroatoms. The van der Waals surface area contributed by atoms with Crippen LogP contribution in [0.2, 0.25) is 0 Å². The average molecular weight is 258 g/mol. The van der Waals surface area contributed by atoms with Crippen molar-refractivity contribution in [1.29, 1.82) is 0 Å². The molecular formula is C18H26O. The van der Waals surface area contributed by atoms with E-state index >= 15 is 0 Å². The Hall–Kier alpha value is -1.11. The van der Waals surface area contributed by atoms with E-state index in [0.717, 1.165) is 6.42 Å². The van der Waals surface area contributed by atoms with Gasteiger partial charge < -0.3 is 0 Å². The van der Waals surface area contributed by atoms with Gasteiger partial charge >= 0.3 is 0 Å². The zero-order valence-corrected chi connectivity index (χ0v) is 13.3. The van der Waals surface area contributed by atoms with Crippen molar-refractivity contribution < 1.29 is 4.79 Å². The number of hydrogen-bond acceptors (Lipinski definition) is 1. The van der Waals surface area contributed by atoms with Gasteiger partial charge in [0.15, 0.2) is 0 Å². The highest BCUT2D eigenvalue weighted by Crippen LogP contribution is 2.54. The van der Waals surface area contributed by atoms with Gasteiger partial charge in [0, 0.05) is 16.2 Å². The summed E-state index contributed by atoms with van der Waals surface area (Å²) in [7, 11) is 0. The molecule has 0 amide bonds. The Morgan fingerprint density at radius 3 is 2.26 bits per heavy atom. The topological polar surface area (TPSA) is 17.1 Å². The van der Waals surface area contributed by atoms with Gasteiger partial charge in [0.25, 0.3) is 0 Å². The summed E-state index contributed by atoms with van der Waals surface area (Å²) >= 11 is 0. The minimum atomic E-state index is -0.330. The van der Waals surface area contributed by atoms with E-state index in [9.17, 15) is 4.79 Å². The Labute approximate surface area is 117 Å². The minimum absolute atomic E-state index is 0.0618. The molecule has 0 aromatic rings. The first kappa shape index (κ1) is 14.3. The van der Waals surface area contributed by atoms with Crippen LogP contribution in [0.4, 0.5) is 0 Å². The number of hydrogen-bond donors (Lipinski definition) is 0. The molecule has 0 fully saturated rings. The second-order valence-corrected chi connectivity index (χ2v) is 7.55. The highest BCUT2D eigenvalue weighted by Gasteiger charge is 2.43. The van der Waals surface area contributed by atoms with E-state index in [4.69, 9.17) is 0 Å². The maximum atomic E-state index is 12.0. The van der Waals surface area contributed by atoms with E-state index in [1.54, 1.807) is 6.92 Å². The lowest BCUT2D eigenvalue weighted by Crippen LogP contribution is -2.36. The van der Waals surface area contributed by atoms with Gasteiger partial charge in [0.2, 0.25) is 0 Å². The highest BCUT2D eigenvalue weighted by atomic mass is 16.1. The third-order valence-electron chi connectivity index (χ3n) is 5.30. The molecule has 1 nitrogen and oxygen atoms in total. The Balaban J connectivity index is 2.58. The van der Waals surface area contributed by atoms with Crippen LogP contribution >= 0.6 is 0 Å². The van der Waals surface area contributed by atoms with Crippen molar-refractivity contribution >= 4 is 5.78 Å². The Morgan fingerprint density at radius 2 is 1.74 bits per heavy atom. The van der Waals surface area contributed by atoms with E-state index in [1.165, 1.54) is 16.7 Å². The molecule has 2 aliphatic carbocycles. The summed E-state index contributed by atoms with van der Waals surface area (Å²) in [6.07, 6.45) is 7.55. The van der Waals surface area contributed by atoms with Crippen LogP contribution in [0.25, 0.3) is 0 Å². The van der Waals surface area contributed by atoms with Gasteiger partial charge in [0.05, 0.1) is 0 Å². The predicted molar refractivity (Wildman–Crippen MR) is 80.9 cm³/mol. The van der Waals surface area contributed by atoms with Crippen LogP contribution in [0.3, 0.4) is 0 Å². The number of allylic oxidation sites excluding steroid dienone is 6. The number of Topliss-reactive ketones (excluding diaryl/α,β-unsaturated/α-hetero) is 1. The van der Waals surface area contributed by atoms with Gasteiger partial charge in [-0.05, 0) is 32.8 Å². The molecule has 1 unspecified atom stereocenters. The zero-order chi connectivity index (χ0) is 14.6. The fourth-order valence-electron chi connectivity index (χ4n) is 3.33. The molecule has 0 N–H and O–H groups in total. The van der Waals surface area contributed by atoms with Crippen molar-refractivity contribution in [2.45, 2.75) is 54.9 Å². The molecular weight excluding hydrogens is 232 g/mol. The maximum Gasteiger partial charge on any atom is 0.139 e. The van der Waals surface area contributed by atoms with Crippen molar-refractivity contribution in [3.63, 3.8) is 0 Å². The van der Waals surface area contributed by atoms with Crippen LogP contribution in [-0.4, -0.2) is 5.78 Å². The molecule has 1 atom stereocenters. The number of ketones is 1. The molecule has 0 aromatic heterocycles. The first-order valence-electron chi connectivity index (χ1n) is 7.15. The van der Waals surface area contributed by atoms with E-state index in [-0.39, 0.29) is 22.0 Å². The van der Waals surface area contributed by atoms with Gasteiger partial charge in [-0.15, -0.1) is 0 Å². The van der Waals surface area contributed by atoms with E-state index in [1.807, 2.05) is 0 Å². The monoisotopic (exact) mass is 258 g/mol. The molecule has 0 saturated carbocycles. The molecule has 0 aromatic carbocycles. The third kappa shape index (κ3) is 2.04. The van der Waals surface area contributed by atoms with Crippen molar-refractivity contribution in [3.05, 3.63) is 34.9 Å². The lowest BCUT2D eigenvalue weighted by atomic mass is 9.58. The molecule has 104 valence electrons. The maximum absolute atomic E-state index is 12.0.